The fraction of sp³-hybridized carbons (Fsp3) is 0.429. The van der Waals surface area contributed by atoms with Gasteiger partial charge >= 0.3 is 5.97 Å². The molecule has 144 valence electrons. The van der Waals surface area contributed by atoms with Crippen LogP contribution in [0.4, 0.5) is 10.2 Å². The van der Waals surface area contributed by atoms with E-state index in [0.29, 0.717) is 23.9 Å². The van der Waals surface area contributed by atoms with Crippen molar-refractivity contribution in [2.45, 2.75) is 25.8 Å². The molecular weight excluding hydrogens is 345 g/mol. The van der Waals surface area contributed by atoms with E-state index in [-0.39, 0.29) is 5.82 Å². The van der Waals surface area contributed by atoms with E-state index < -0.39 is 5.97 Å². The third-order valence-electron chi connectivity index (χ3n) is 5.13. The van der Waals surface area contributed by atoms with E-state index in [4.69, 9.17) is 4.74 Å². The van der Waals surface area contributed by atoms with Crippen LogP contribution in [-0.4, -0.2) is 49.1 Å². The molecule has 27 heavy (non-hydrogen) atoms. The number of carbonyl (C=O) groups is 1. The molecule has 0 radical (unpaired) electrons. The van der Waals surface area contributed by atoms with E-state index in [9.17, 15) is 9.18 Å². The number of hydrogen-bond donors (Lipinski definition) is 1. The molecule has 1 aliphatic rings. The van der Waals surface area contributed by atoms with Crippen molar-refractivity contribution in [2.24, 2.45) is 5.92 Å². The number of piperidine rings is 1. The largest absolute Gasteiger partial charge is 0.465 e. The summed E-state index contributed by atoms with van der Waals surface area (Å²) in [5.41, 5.74) is 2.27. The van der Waals surface area contributed by atoms with E-state index in [1.807, 2.05) is 6.07 Å². The zero-order chi connectivity index (χ0) is 19.4. The van der Waals surface area contributed by atoms with Crippen LogP contribution in [0.15, 0.2) is 36.5 Å². The highest BCUT2D eigenvalue weighted by Gasteiger charge is 2.25. The maximum Gasteiger partial charge on any atom is 0.339 e. The Morgan fingerprint density at radius 2 is 2.11 bits per heavy atom. The number of anilines is 1. The minimum Gasteiger partial charge on any atom is -0.465 e. The minimum atomic E-state index is -0.415. The summed E-state index contributed by atoms with van der Waals surface area (Å²) in [6.45, 7) is 4.30. The second-order valence-electron chi connectivity index (χ2n) is 7.31. The van der Waals surface area contributed by atoms with Crippen LogP contribution in [0.5, 0.6) is 0 Å². The number of aromatic nitrogens is 1. The molecule has 1 aliphatic heterocycles. The quantitative estimate of drug-likeness (QED) is 0.817. The minimum absolute atomic E-state index is 0.265. The molecule has 0 amide bonds. The Morgan fingerprint density at radius 1 is 1.37 bits per heavy atom. The molecule has 1 aromatic carbocycles. The maximum absolute atomic E-state index is 13.2. The Morgan fingerprint density at radius 3 is 2.78 bits per heavy atom. The molecule has 2 heterocycles. The number of carbonyl (C=O) groups excluding carboxylic acids is 1. The van der Waals surface area contributed by atoms with E-state index in [2.05, 4.69) is 29.2 Å². The first-order chi connectivity index (χ1) is 13.0. The number of pyridine rings is 1. The smallest absolute Gasteiger partial charge is 0.339 e. The third kappa shape index (κ3) is 4.83. The lowest BCUT2D eigenvalue weighted by molar-refractivity contribution is 0.0600. The van der Waals surface area contributed by atoms with Crippen LogP contribution in [-0.2, 0) is 11.2 Å². The second-order valence-corrected chi connectivity index (χ2v) is 7.31. The molecule has 5 nitrogen and oxygen atoms in total. The molecule has 1 aromatic heterocycles. The van der Waals surface area contributed by atoms with Gasteiger partial charge in [0.25, 0.3) is 0 Å². The molecule has 1 fully saturated rings. The summed E-state index contributed by atoms with van der Waals surface area (Å²) >= 11 is 0. The predicted molar refractivity (Wildman–Crippen MR) is 103 cm³/mol. The zero-order valence-electron chi connectivity index (χ0n) is 16.0. The molecule has 3 rings (SSSR count). The molecule has 0 spiro atoms. The molecule has 0 aliphatic carbocycles. The van der Waals surface area contributed by atoms with Gasteiger partial charge in [0.15, 0.2) is 0 Å². The Balaban J connectivity index is 1.87. The molecule has 1 N–H and O–H groups in total. The molecule has 0 bridgehead atoms. The molecule has 2 atom stereocenters. The predicted octanol–water partition coefficient (Wildman–Crippen LogP) is 3.35. The highest BCUT2D eigenvalue weighted by atomic mass is 19.1. The van der Waals surface area contributed by atoms with Gasteiger partial charge in [-0.3, -0.25) is 0 Å². The number of nitrogens with zero attached hydrogens (tertiary/aromatic N) is 2. The number of methoxy groups -OCH3 is 1. The summed E-state index contributed by atoms with van der Waals surface area (Å²) in [7, 11) is 3.49. The second kappa shape index (κ2) is 8.48. The van der Waals surface area contributed by atoms with Gasteiger partial charge in [-0.05, 0) is 55.3 Å². The van der Waals surface area contributed by atoms with Crippen molar-refractivity contribution in [2.75, 3.05) is 32.6 Å². The number of hydrogen-bond acceptors (Lipinski definition) is 5. The Labute approximate surface area is 159 Å². The topological polar surface area (TPSA) is 54.5 Å². The Hall–Kier alpha value is -2.47. The van der Waals surface area contributed by atoms with E-state index in [1.54, 1.807) is 18.3 Å². The summed E-state index contributed by atoms with van der Waals surface area (Å²) in [6.07, 6.45) is 3.14. The lowest BCUT2D eigenvalue weighted by Gasteiger charge is -2.35. The fourth-order valence-corrected chi connectivity index (χ4v) is 3.57. The first kappa shape index (κ1) is 19.3. The number of rotatable bonds is 5. The van der Waals surface area contributed by atoms with Gasteiger partial charge in [0.2, 0.25) is 0 Å². The number of likely N-dealkylation sites (tertiary alicyclic amines) is 1. The van der Waals surface area contributed by atoms with Crippen LogP contribution in [0.25, 0.3) is 0 Å². The van der Waals surface area contributed by atoms with Gasteiger partial charge in [0.1, 0.15) is 11.6 Å². The van der Waals surface area contributed by atoms with Crippen molar-refractivity contribution < 1.29 is 13.9 Å². The van der Waals surface area contributed by atoms with E-state index in [1.165, 1.54) is 19.2 Å². The van der Waals surface area contributed by atoms with Crippen molar-refractivity contribution in [1.82, 2.24) is 9.88 Å². The average molecular weight is 371 g/mol. The number of nitrogens with one attached hydrogen (secondary N) is 1. The zero-order valence-corrected chi connectivity index (χ0v) is 16.0. The third-order valence-corrected chi connectivity index (χ3v) is 5.13. The van der Waals surface area contributed by atoms with Crippen molar-refractivity contribution in [1.29, 1.82) is 0 Å². The summed E-state index contributed by atoms with van der Waals surface area (Å²) in [4.78, 5) is 18.8. The van der Waals surface area contributed by atoms with Gasteiger partial charge in [-0.15, -0.1) is 0 Å². The lowest BCUT2D eigenvalue weighted by Crippen LogP contribution is -2.43. The molecule has 1 saturated heterocycles. The molecular formula is C21H26FN3O2. The summed E-state index contributed by atoms with van der Waals surface area (Å²) in [5, 5.41) is 3.57. The molecule has 2 unspecified atom stereocenters. The van der Waals surface area contributed by atoms with Crippen LogP contribution >= 0.6 is 0 Å². The Bertz CT molecular complexity index is 795. The molecule has 6 heteroatoms. The highest BCUT2D eigenvalue weighted by Crippen LogP contribution is 2.24. The number of benzene rings is 1. The molecule has 0 saturated carbocycles. The number of ether oxygens (including phenoxy) is 1. The van der Waals surface area contributed by atoms with Crippen LogP contribution < -0.4 is 5.32 Å². The highest BCUT2D eigenvalue weighted by molar-refractivity contribution is 5.89. The van der Waals surface area contributed by atoms with Gasteiger partial charge in [-0.2, -0.15) is 0 Å². The van der Waals surface area contributed by atoms with E-state index in [0.717, 1.165) is 36.5 Å². The average Bonchev–Trinajstić information content (AvgIpc) is 2.66. The van der Waals surface area contributed by atoms with Crippen LogP contribution in [0.2, 0.25) is 0 Å². The van der Waals surface area contributed by atoms with Gasteiger partial charge in [-0.1, -0.05) is 19.1 Å². The fourth-order valence-electron chi connectivity index (χ4n) is 3.57. The van der Waals surface area contributed by atoms with Gasteiger partial charge < -0.3 is 15.0 Å². The van der Waals surface area contributed by atoms with E-state index >= 15 is 0 Å². The lowest BCUT2D eigenvalue weighted by atomic mass is 9.93. The van der Waals surface area contributed by atoms with Crippen molar-refractivity contribution in [3.8, 4) is 0 Å². The first-order valence-electron chi connectivity index (χ1n) is 9.23. The maximum atomic E-state index is 13.2. The van der Waals surface area contributed by atoms with Crippen molar-refractivity contribution >= 4 is 11.8 Å². The van der Waals surface area contributed by atoms with Gasteiger partial charge in [0.05, 0.1) is 12.7 Å². The normalized spacial score (nSPS) is 20.3. The van der Waals surface area contributed by atoms with Crippen LogP contribution in [0.1, 0.15) is 34.8 Å². The summed E-state index contributed by atoms with van der Waals surface area (Å²) in [5.74, 6) is 0.582. The monoisotopic (exact) mass is 371 g/mol. The van der Waals surface area contributed by atoms with Crippen molar-refractivity contribution in [3.63, 3.8) is 0 Å². The standard InChI is InChI=1S/C21H26FN3O2/c1-14-13-25(2)9-8-19(14)24-20-16(10-15-4-6-18(22)7-5-15)11-17(12-23-20)21(26)27-3/h4-7,11-12,14,19H,8-10,13H2,1-3H3,(H,23,24). The summed E-state index contributed by atoms with van der Waals surface area (Å²) < 4.78 is 18.0. The molecule has 2 aromatic rings. The van der Waals surface area contributed by atoms with Crippen molar-refractivity contribution in [3.05, 3.63) is 59.0 Å². The SMILES string of the molecule is COC(=O)c1cnc(NC2CCN(C)CC2C)c(Cc2ccc(F)cc2)c1. The number of esters is 1. The van der Waals surface area contributed by atoms with Gasteiger partial charge in [0, 0.05) is 25.2 Å². The summed E-state index contributed by atoms with van der Waals surface area (Å²) in [6, 6.07) is 8.52. The number of halogens is 1. The first-order valence-corrected chi connectivity index (χ1v) is 9.23. The van der Waals surface area contributed by atoms with Crippen LogP contribution in [0.3, 0.4) is 0 Å². The van der Waals surface area contributed by atoms with Crippen LogP contribution in [0, 0.1) is 11.7 Å². The van der Waals surface area contributed by atoms with Gasteiger partial charge in [-0.25, -0.2) is 14.2 Å². The Kier molecular flexibility index (Phi) is 6.06.